The lowest BCUT2D eigenvalue weighted by Crippen LogP contribution is -2.66. The summed E-state index contributed by atoms with van der Waals surface area (Å²) in [4.78, 5) is 26.9. The SMILES string of the molecule is CC(C)C1=C2[C@H]3CC[C@@H]4[C@@]5(C)CC[C@H](C)C(C)(C)[C@@H]5CC[C@@]4(C)[C@]3(C)CC[C@@]2(NC(=O)OC(C)(C)C)CC1=O. The Labute approximate surface area is 238 Å². The van der Waals surface area contributed by atoms with Crippen LogP contribution in [0.1, 0.15) is 134 Å². The molecule has 0 unspecified atom stereocenters. The Bertz CT molecular complexity index is 1080. The van der Waals surface area contributed by atoms with Crippen molar-refractivity contribution in [3.63, 3.8) is 0 Å². The van der Waals surface area contributed by atoms with Gasteiger partial charge in [-0.15, -0.1) is 0 Å². The molecular weight excluding hydrogens is 482 g/mol. The molecule has 0 heterocycles. The van der Waals surface area contributed by atoms with Gasteiger partial charge >= 0.3 is 6.09 Å². The number of Topliss-reactive ketones (excluding diaryl/α,β-unsaturated/α-hetero) is 1. The zero-order valence-electron chi connectivity index (χ0n) is 27.0. The van der Waals surface area contributed by atoms with E-state index in [-0.39, 0.29) is 28.6 Å². The molecule has 0 aromatic heterocycles. The monoisotopic (exact) mass is 539 g/mol. The summed E-state index contributed by atoms with van der Waals surface area (Å²) in [5.74, 6) is 3.01. The number of amides is 1. The summed E-state index contributed by atoms with van der Waals surface area (Å²) in [7, 11) is 0. The Morgan fingerprint density at radius 1 is 0.897 bits per heavy atom. The number of carbonyl (C=O) groups is 2. The molecule has 5 aliphatic rings. The van der Waals surface area contributed by atoms with Gasteiger partial charge in [0.2, 0.25) is 0 Å². The number of ketones is 1. The maximum absolute atomic E-state index is 13.7. The largest absolute Gasteiger partial charge is 0.444 e. The molecule has 0 aromatic carbocycles. The van der Waals surface area contributed by atoms with Gasteiger partial charge in [0.1, 0.15) is 5.60 Å². The first-order valence-electron chi connectivity index (χ1n) is 16.1. The zero-order valence-corrected chi connectivity index (χ0v) is 27.0. The molecule has 4 nitrogen and oxygen atoms in total. The average molecular weight is 540 g/mol. The molecule has 8 atom stereocenters. The molecule has 5 aliphatic carbocycles. The van der Waals surface area contributed by atoms with Crippen LogP contribution in [0, 0.1) is 51.2 Å². The lowest BCUT2D eigenvalue weighted by molar-refractivity contribution is -0.218. The van der Waals surface area contributed by atoms with Gasteiger partial charge in [-0.1, -0.05) is 55.4 Å². The lowest BCUT2D eigenvalue weighted by Gasteiger charge is -2.72. The van der Waals surface area contributed by atoms with Crippen LogP contribution in [-0.4, -0.2) is 23.0 Å². The van der Waals surface area contributed by atoms with Gasteiger partial charge in [-0.3, -0.25) is 4.79 Å². The number of allylic oxidation sites excluding steroid dienone is 1. The molecule has 220 valence electrons. The zero-order chi connectivity index (χ0) is 29.0. The highest BCUT2D eigenvalue weighted by atomic mass is 16.6. The number of rotatable bonds is 2. The Balaban J connectivity index is 1.56. The van der Waals surface area contributed by atoms with Crippen molar-refractivity contribution in [1.82, 2.24) is 5.32 Å². The van der Waals surface area contributed by atoms with E-state index in [1.165, 1.54) is 37.7 Å². The van der Waals surface area contributed by atoms with Crippen LogP contribution >= 0.6 is 0 Å². The van der Waals surface area contributed by atoms with Crippen LogP contribution in [0.3, 0.4) is 0 Å². The predicted octanol–water partition coefficient (Wildman–Crippen LogP) is 8.88. The number of hydrogen-bond donors (Lipinski definition) is 1. The Morgan fingerprint density at radius 2 is 1.56 bits per heavy atom. The Morgan fingerprint density at radius 3 is 2.18 bits per heavy atom. The molecule has 0 bridgehead atoms. The molecule has 4 fully saturated rings. The summed E-state index contributed by atoms with van der Waals surface area (Å²) in [6, 6.07) is 0. The van der Waals surface area contributed by atoms with Crippen LogP contribution in [0.15, 0.2) is 11.1 Å². The van der Waals surface area contributed by atoms with Crippen molar-refractivity contribution in [2.24, 2.45) is 51.2 Å². The summed E-state index contributed by atoms with van der Waals surface area (Å²) < 4.78 is 5.76. The number of alkyl carbamates (subject to hydrolysis) is 1. The van der Waals surface area contributed by atoms with Crippen LogP contribution in [-0.2, 0) is 9.53 Å². The van der Waals surface area contributed by atoms with E-state index in [0.717, 1.165) is 36.7 Å². The predicted molar refractivity (Wildman–Crippen MR) is 158 cm³/mol. The number of ether oxygens (including phenoxy) is 1. The molecular formula is C35H57NO3. The highest BCUT2D eigenvalue weighted by Crippen LogP contribution is 2.76. The molecule has 0 spiro atoms. The standard InChI is InChI=1S/C35H57NO3/c1-21(2)27-24(37)20-35(36-29(38)39-30(4,5)6)19-18-33(10)23(28(27)35)12-13-26-32(9)16-14-22(3)31(7,8)25(32)15-17-34(26,33)11/h21-23,25-26H,12-20H2,1-11H3,(H,36,38)/t22-,23+,25-,26+,32-,33+,34+,35+/m0/s1. The number of hydrogen-bond acceptors (Lipinski definition) is 3. The molecule has 1 amide bonds. The molecule has 0 aromatic rings. The molecule has 4 heteroatoms. The first-order chi connectivity index (χ1) is 17.8. The first kappa shape index (κ1) is 29.2. The average Bonchev–Trinajstić information content (AvgIpc) is 3.07. The molecule has 1 N–H and O–H groups in total. The first-order valence-corrected chi connectivity index (χ1v) is 16.1. The van der Waals surface area contributed by atoms with E-state index in [4.69, 9.17) is 4.74 Å². The van der Waals surface area contributed by atoms with E-state index in [9.17, 15) is 9.59 Å². The third-order valence-electron chi connectivity index (χ3n) is 13.7. The van der Waals surface area contributed by atoms with Gasteiger partial charge < -0.3 is 10.1 Å². The summed E-state index contributed by atoms with van der Waals surface area (Å²) in [6.07, 6.45) is 9.57. The van der Waals surface area contributed by atoms with Crippen molar-refractivity contribution in [2.75, 3.05) is 0 Å². The van der Waals surface area contributed by atoms with Crippen molar-refractivity contribution < 1.29 is 14.3 Å². The summed E-state index contributed by atoms with van der Waals surface area (Å²) >= 11 is 0. The fourth-order valence-corrected chi connectivity index (χ4v) is 11.4. The summed E-state index contributed by atoms with van der Waals surface area (Å²) in [5, 5.41) is 3.33. The Hall–Kier alpha value is -1.32. The normalized spacial score (nSPS) is 45.3. The van der Waals surface area contributed by atoms with Gasteiger partial charge in [0, 0.05) is 6.42 Å². The van der Waals surface area contributed by atoms with Gasteiger partial charge in [0.25, 0.3) is 0 Å². The highest BCUT2D eigenvalue weighted by Gasteiger charge is 2.70. The second-order valence-corrected chi connectivity index (χ2v) is 17.2. The van der Waals surface area contributed by atoms with E-state index in [2.05, 4.69) is 60.7 Å². The maximum atomic E-state index is 13.7. The minimum Gasteiger partial charge on any atom is -0.444 e. The van der Waals surface area contributed by atoms with Gasteiger partial charge in [0.05, 0.1) is 5.54 Å². The van der Waals surface area contributed by atoms with Crippen LogP contribution < -0.4 is 5.32 Å². The van der Waals surface area contributed by atoms with Crippen molar-refractivity contribution >= 4 is 11.9 Å². The summed E-state index contributed by atoms with van der Waals surface area (Å²) in [6.45, 7) is 25.5. The van der Waals surface area contributed by atoms with Gasteiger partial charge in [-0.2, -0.15) is 0 Å². The quantitative estimate of drug-likeness (QED) is 0.381. The molecule has 4 saturated carbocycles. The number of nitrogens with one attached hydrogen (secondary N) is 1. The third-order valence-corrected chi connectivity index (χ3v) is 13.7. The number of fused-ring (bicyclic) bond motifs is 7. The summed E-state index contributed by atoms with van der Waals surface area (Å²) in [5.41, 5.74) is 2.26. The van der Waals surface area contributed by atoms with E-state index in [1.54, 1.807) is 0 Å². The second-order valence-electron chi connectivity index (χ2n) is 17.2. The second kappa shape index (κ2) is 8.84. The Kier molecular flexibility index (Phi) is 6.61. The van der Waals surface area contributed by atoms with Crippen LogP contribution in [0.2, 0.25) is 0 Å². The van der Waals surface area contributed by atoms with E-state index in [0.29, 0.717) is 29.1 Å². The third kappa shape index (κ3) is 4.03. The fourth-order valence-electron chi connectivity index (χ4n) is 11.4. The van der Waals surface area contributed by atoms with E-state index < -0.39 is 11.1 Å². The maximum Gasteiger partial charge on any atom is 0.408 e. The molecule has 0 aliphatic heterocycles. The number of carbonyl (C=O) groups excluding carboxylic acids is 2. The van der Waals surface area contributed by atoms with Gasteiger partial charge in [0.15, 0.2) is 5.78 Å². The van der Waals surface area contributed by atoms with Crippen molar-refractivity contribution in [3.05, 3.63) is 11.1 Å². The minimum atomic E-state index is -0.588. The molecule has 0 saturated heterocycles. The van der Waals surface area contributed by atoms with E-state index >= 15 is 0 Å². The lowest BCUT2D eigenvalue weighted by atomic mass is 9.33. The van der Waals surface area contributed by atoms with Crippen molar-refractivity contribution in [3.8, 4) is 0 Å². The van der Waals surface area contributed by atoms with Gasteiger partial charge in [-0.25, -0.2) is 4.79 Å². The van der Waals surface area contributed by atoms with Crippen molar-refractivity contribution in [1.29, 1.82) is 0 Å². The minimum absolute atomic E-state index is 0.121. The molecule has 5 rings (SSSR count). The van der Waals surface area contributed by atoms with Crippen LogP contribution in [0.5, 0.6) is 0 Å². The smallest absolute Gasteiger partial charge is 0.408 e. The fraction of sp³-hybridized carbons (Fsp3) is 0.886. The highest BCUT2D eigenvalue weighted by molar-refractivity contribution is 6.02. The van der Waals surface area contributed by atoms with Gasteiger partial charge in [-0.05, 0) is 135 Å². The van der Waals surface area contributed by atoms with Crippen LogP contribution in [0.4, 0.5) is 4.79 Å². The molecule has 39 heavy (non-hydrogen) atoms. The van der Waals surface area contributed by atoms with Crippen LogP contribution in [0.25, 0.3) is 0 Å². The topological polar surface area (TPSA) is 55.4 Å². The van der Waals surface area contributed by atoms with E-state index in [1.807, 2.05) is 20.8 Å². The van der Waals surface area contributed by atoms with Crippen molar-refractivity contribution in [2.45, 2.75) is 145 Å². The molecule has 0 radical (unpaired) electrons.